The van der Waals surface area contributed by atoms with Gasteiger partial charge in [-0.2, -0.15) is 0 Å². The van der Waals surface area contributed by atoms with Crippen molar-refractivity contribution in [3.05, 3.63) is 71.0 Å². The number of imidazole rings is 1. The summed E-state index contributed by atoms with van der Waals surface area (Å²) >= 11 is 4.87. The van der Waals surface area contributed by atoms with Gasteiger partial charge in [0.05, 0.1) is 18.4 Å². The Kier molecular flexibility index (Phi) is 5.50. The van der Waals surface area contributed by atoms with Gasteiger partial charge in [-0.05, 0) is 30.3 Å². The number of hydrogen-bond donors (Lipinski definition) is 1. The largest absolute Gasteiger partial charge is 0.493 e. The van der Waals surface area contributed by atoms with E-state index in [1.807, 2.05) is 59.3 Å². The number of carbonyl (C=O) groups excluding carboxylic acids is 1. The number of hydrogen-bond acceptors (Lipinski definition) is 4. The van der Waals surface area contributed by atoms with Gasteiger partial charge >= 0.3 is 0 Å². The number of nitrogens with zero attached hydrogens (tertiary/aromatic N) is 2. The number of benzene rings is 2. The van der Waals surface area contributed by atoms with Crippen molar-refractivity contribution in [1.29, 1.82) is 0 Å². The molecule has 0 spiro atoms. The molecule has 1 atom stereocenters. The van der Waals surface area contributed by atoms with Gasteiger partial charge in [0.2, 0.25) is 5.91 Å². The lowest BCUT2D eigenvalue weighted by Crippen LogP contribution is -2.33. The molecular formula is C20H18BrN3O2S. The molecule has 2 aromatic carbocycles. The van der Waals surface area contributed by atoms with Crippen LogP contribution in [0.5, 0.6) is 5.75 Å². The van der Waals surface area contributed by atoms with E-state index in [4.69, 9.17) is 4.74 Å². The second kappa shape index (κ2) is 8.19. The number of halogens is 1. The van der Waals surface area contributed by atoms with Crippen molar-refractivity contribution in [3.8, 4) is 11.4 Å². The van der Waals surface area contributed by atoms with Crippen molar-refractivity contribution in [1.82, 2.24) is 14.9 Å². The van der Waals surface area contributed by atoms with Crippen LogP contribution < -0.4 is 10.1 Å². The lowest BCUT2D eigenvalue weighted by atomic mass is 10.0. The van der Waals surface area contributed by atoms with Gasteiger partial charge in [0, 0.05) is 34.5 Å². The highest BCUT2D eigenvalue weighted by atomic mass is 79.9. The number of fused-ring (bicyclic) bond motifs is 1. The number of ether oxygens (including phenoxy) is 1. The molecule has 0 fully saturated rings. The van der Waals surface area contributed by atoms with E-state index in [1.54, 1.807) is 6.20 Å². The maximum Gasteiger partial charge on any atom is 0.230 e. The SMILES string of the molecule is O=C(CSc1nccn1-c1ccc(Br)cc1)NC1CCOc2ccccc21. The van der Waals surface area contributed by atoms with Crippen LogP contribution in [-0.2, 0) is 4.79 Å². The van der Waals surface area contributed by atoms with Crippen molar-refractivity contribution >= 4 is 33.6 Å². The first kappa shape index (κ1) is 18.1. The third-order valence-corrected chi connectivity index (χ3v) is 5.83. The van der Waals surface area contributed by atoms with Crippen LogP contribution in [0.3, 0.4) is 0 Å². The Balaban J connectivity index is 1.40. The minimum atomic E-state index is -0.00735. The van der Waals surface area contributed by atoms with Gasteiger partial charge in [0.25, 0.3) is 0 Å². The monoisotopic (exact) mass is 443 g/mol. The third kappa shape index (κ3) is 4.20. The maximum absolute atomic E-state index is 12.5. The van der Waals surface area contributed by atoms with Crippen LogP contribution in [0.25, 0.3) is 5.69 Å². The molecule has 0 radical (unpaired) electrons. The smallest absolute Gasteiger partial charge is 0.230 e. The fraction of sp³-hybridized carbons (Fsp3) is 0.200. The van der Waals surface area contributed by atoms with E-state index < -0.39 is 0 Å². The first-order valence-electron chi connectivity index (χ1n) is 8.64. The molecule has 4 rings (SSSR count). The summed E-state index contributed by atoms with van der Waals surface area (Å²) in [5.41, 5.74) is 2.05. The number of thioether (sulfide) groups is 1. The molecule has 1 aliphatic rings. The zero-order valence-electron chi connectivity index (χ0n) is 14.5. The van der Waals surface area contributed by atoms with E-state index in [0.29, 0.717) is 12.4 Å². The molecule has 2 heterocycles. The van der Waals surface area contributed by atoms with E-state index >= 15 is 0 Å². The van der Waals surface area contributed by atoms with Crippen LogP contribution in [0.1, 0.15) is 18.0 Å². The molecular weight excluding hydrogens is 426 g/mol. The first-order valence-corrected chi connectivity index (χ1v) is 10.4. The molecule has 0 saturated heterocycles. The number of nitrogens with one attached hydrogen (secondary N) is 1. The molecule has 0 aliphatic carbocycles. The zero-order valence-corrected chi connectivity index (χ0v) is 16.9. The van der Waals surface area contributed by atoms with Crippen LogP contribution in [0.2, 0.25) is 0 Å². The van der Waals surface area contributed by atoms with Gasteiger partial charge in [-0.25, -0.2) is 4.98 Å². The summed E-state index contributed by atoms with van der Waals surface area (Å²) in [5, 5.41) is 3.91. The summed E-state index contributed by atoms with van der Waals surface area (Å²) in [5.74, 6) is 1.16. The number of rotatable bonds is 5. The fourth-order valence-corrected chi connectivity index (χ4v) is 4.10. The number of carbonyl (C=O) groups is 1. The molecule has 1 aliphatic heterocycles. The highest BCUT2D eigenvalue weighted by molar-refractivity contribution is 9.10. The quantitative estimate of drug-likeness (QED) is 0.594. The summed E-state index contributed by atoms with van der Waals surface area (Å²) in [7, 11) is 0. The lowest BCUT2D eigenvalue weighted by Gasteiger charge is -2.26. The van der Waals surface area contributed by atoms with E-state index in [2.05, 4.69) is 26.2 Å². The van der Waals surface area contributed by atoms with Gasteiger partial charge in [-0.3, -0.25) is 9.36 Å². The minimum absolute atomic E-state index is 0.00531. The summed E-state index contributed by atoms with van der Waals surface area (Å²) in [6.45, 7) is 0.614. The second-order valence-corrected chi connectivity index (χ2v) is 8.00. The average Bonchev–Trinajstić information content (AvgIpc) is 3.16. The predicted molar refractivity (Wildman–Crippen MR) is 109 cm³/mol. The summed E-state index contributed by atoms with van der Waals surface area (Å²) in [6, 6.07) is 15.8. The zero-order chi connectivity index (χ0) is 18.6. The standard InChI is InChI=1S/C20H18BrN3O2S/c21-14-5-7-15(8-6-14)24-11-10-22-20(24)27-13-19(25)23-17-9-12-26-18-4-2-1-3-16(17)18/h1-8,10-11,17H,9,12-13H2,(H,23,25). The summed E-state index contributed by atoms with van der Waals surface area (Å²) in [4.78, 5) is 16.9. The predicted octanol–water partition coefficient (Wildman–Crippen LogP) is 4.37. The Morgan fingerprint density at radius 2 is 2.07 bits per heavy atom. The van der Waals surface area contributed by atoms with Gasteiger partial charge < -0.3 is 10.1 Å². The van der Waals surface area contributed by atoms with Gasteiger partial charge in [0.15, 0.2) is 5.16 Å². The second-order valence-electron chi connectivity index (χ2n) is 6.14. The van der Waals surface area contributed by atoms with Crippen molar-refractivity contribution in [2.75, 3.05) is 12.4 Å². The molecule has 5 nitrogen and oxygen atoms in total. The van der Waals surface area contributed by atoms with Crippen LogP contribution in [-0.4, -0.2) is 27.8 Å². The van der Waals surface area contributed by atoms with Crippen LogP contribution >= 0.6 is 27.7 Å². The van der Waals surface area contributed by atoms with Crippen LogP contribution in [0, 0.1) is 0 Å². The maximum atomic E-state index is 12.5. The van der Waals surface area contributed by atoms with Crippen molar-refractivity contribution in [3.63, 3.8) is 0 Å². The normalized spacial score (nSPS) is 15.7. The Morgan fingerprint density at radius 3 is 2.93 bits per heavy atom. The Morgan fingerprint density at radius 1 is 1.26 bits per heavy atom. The highest BCUT2D eigenvalue weighted by Crippen LogP contribution is 2.31. The third-order valence-electron chi connectivity index (χ3n) is 4.34. The number of para-hydroxylation sites is 1. The molecule has 138 valence electrons. The summed E-state index contributed by atoms with van der Waals surface area (Å²) in [6.07, 6.45) is 4.43. The molecule has 7 heteroatoms. The van der Waals surface area contributed by atoms with Crippen molar-refractivity contribution < 1.29 is 9.53 Å². The molecule has 1 unspecified atom stereocenters. The van der Waals surface area contributed by atoms with Gasteiger partial charge in [-0.1, -0.05) is 45.9 Å². The molecule has 1 aromatic heterocycles. The van der Waals surface area contributed by atoms with Crippen molar-refractivity contribution in [2.45, 2.75) is 17.6 Å². The number of aromatic nitrogens is 2. The van der Waals surface area contributed by atoms with E-state index in [1.165, 1.54) is 11.8 Å². The number of amides is 1. The molecule has 3 aromatic rings. The van der Waals surface area contributed by atoms with E-state index in [0.717, 1.165) is 33.1 Å². The summed E-state index contributed by atoms with van der Waals surface area (Å²) < 4.78 is 8.66. The van der Waals surface area contributed by atoms with E-state index in [-0.39, 0.29) is 11.9 Å². The Hall–Kier alpha value is -2.25. The van der Waals surface area contributed by atoms with Gasteiger partial charge in [0.1, 0.15) is 5.75 Å². The van der Waals surface area contributed by atoms with Gasteiger partial charge in [-0.15, -0.1) is 0 Å². The van der Waals surface area contributed by atoms with Crippen LogP contribution in [0.4, 0.5) is 0 Å². The van der Waals surface area contributed by atoms with Crippen molar-refractivity contribution in [2.24, 2.45) is 0 Å². The van der Waals surface area contributed by atoms with Crippen LogP contribution in [0.15, 0.2) is 70.6 Å². The van der Waals surface area contributed by atoms with E-state index in [9.17, 15) is 4.79 Å². The topological polar surface area (TPSA) is 56.2 Å². The first-order chi connectivity index (χ1) is 13.2. The Labute approximate surface area is 170 Å². The molecule has 0 bridgehead atoms. The molecule has 1 amide bonds. The molecule has 0 saturated carbocycles. The average molecular weight is 444 g/mol. The fourth-order valence-electron chi connectivity index (χ4n) is 3.05. The highest BCUT2D eigenvalue weighted by Gasteiger charge is 2.22. The lowest BCUT2D eigenvalue weighted by molar-refractivity contribution is -0.119. The molecule has 1 N–H and O–H groups in total. The molecule has 27 heavy (non-hydrogen) atoms. The Bertz CT molecular complexity index is 942. The minimum Gasteiger partial charge on any atom is -0.493 e.